The summed E-state index contributed by atoms with van der Waals surface area (Å²) in [6.07, 6.45) is 4.59. The van der Waals surface area contributed by atoms with Crippen molar-refractivity contribution in [2.75, 3.05) is 42.8 Å². The fourth-order valence-corrected chi connectivity index (χ4v) is 5.25. The van der Waals surface area contributed by atoms with Crippen LogP contribution >= 0.6 is 0 Å². The lowest BCUT2D eigenvalue weighted by Gasteiger charge is -2.36. The van der Waals surface area contributed by atoms with Crippen LogP contribution in [0.25, 0.3) is 10.9 Å². The molecule has 2 aliphatic carbocycles. The van der Waals surface area contributed by atoms with Crippen molar-refractivity contribution in [1.29, 1.82) is 0 Å². The second kappa shape index (κ2) is 12.5. The molecule has 0 spiro atoms. The molecule has 3 fully saturated rings. The Morgan fingerprint density at radius 2 is 1.65 bits per heavy atom. The Kier molecular flexibility index (Phi) is 8.33. The van der Waals surface area contributed by atoms with E-state index in [-0.39, 0.29) is 24.0 Å². The highest BCUT2D eigenvalue weighted by atomic mass is 16.5. The van der Waals surface area contributed by atoms with Crippen molar-refractivity contribution in [3.05, 3.63) is 54.4 Å². The minimum atomic E-state index is 0.134. The highest BCUT2D eigenvalue weighted by molar-refractivity contribution is 5.94. The highest BCUT2D eigenvalue weighted by Crippen LogP contribution is 2.43. The van der Waals surface area contributed by atoms with Gasteiger partial charge in [-0.3, -0.25) is 9.89 Å². The van der Waals surface area contributed by atoms with E-state index in [2.05, 4.69) is 39.6 Å². The molecule has 2 unspecified atom stereocenters. The predicted molar refractivity (Wildman–Crippen MR) is 167 cm³/mol. The number of para-hydroxylation sites is 1. The average Bonchev–Trinajstić information content (AvgIpc) is 3.95. The molecule has 7 rings (SSSR count). The predicted octanol–water partition coefficient (Wildman–Crippen LogP) is 5.64. The third-order valence-electron chi connectivity index (χ3n) is 7.74. The first-order chi connectivity index (χ1) is 20.9. The standard InChI is InChI=1S/C21H26N6O2.C11H13NO2/c1-12-10-27(11-13(2)29-12)21-17(28-3)20(22-18(24-21)14-8-9-14)23-19-15-6-4-5-7-16(15)25-26-19;1-14-10-6-4-9(5-7-10)12-11(13)8-2-3-8/h4-7,12-14H,8-11H2,1-3H3,(H2,22,23,24,25,26);4-8H,2-3H2,1H3,(H,12,13). The fourth-order valence-electron chi connectivity index (χ4n) is 5.25. The third kappa shape index (κ3) is 6.83. The molecule has 2 atom stereocenters. The third-order valence-corrected chi connectivity index (χ3v) is 7.74. The molecule has 2 aromatic heterocycles. The zero-order valence-corrected chi connectivity index (χ0v) is 25.1. The van der Waals surface area contributed by atoms with Crippen molar-refractivity contribution in [2.24, 2.45) is 5.92 Å². The van der Waals surface area contributed by atoms with Gasteiger partial charge < -0.3 is 29.7 Å². The molecule has 1 aliphatic heterocycles. The second-order valence-electron chi connectivity index (χ2n) is 11.5. The van der Waals surface area contributed by atoms with Gasteiger partial charge in [-0.15, -0.1) is 0 Å². The first-order valence-corrected chi connectivity index (χ1v) is 14.9. The number of nitrogens with one attached hydrogen (secondary N) is 3. The normalized spacial score (nSPS) is 19.8. The summed E-state index contributed by atoms with van der Waals surface area (Å²) in [5, 5.41) is 14.8. The maximum absolute atomic E-state index is 11.4. The molecule has 1 saturated heterocycles. The van der Waals surface area contributed by atoms with E-state index >= 15 is 0 Å². The summed E-state index contributed by atoms with van der Waals surface area (Å²) in [5.41, 5.74) is 1.81. The molecule has 1 amide bonds. The van der Waals surface area contributed by atoms with Gasteiger partial charge in [0, 0.05) is 36.0 Å². The Morgan fingerprint density at radius 3 is 2.30 bits per heavy atom. The zero-order valence-electron chi connectivity index (χ0n) is 25.1. The number of nitrogens with zero attached hydrogens (tertiary/aromatic N) is 4. The number of ether oxygens (including phenoxy) is 3. The van der Waals surface area contributed by atoms with E-state index in [9.17, 15) is 4.79 Å². The number of carbonyl (C=O) groups excluding carboxylic acids is 1. The maximum atomic E-state index is 11.4. The monoisotopic (exact) mass is 585 g/mol. The van der Waals surface area contributed by atoms with Crippen LogP contribution in [0, 0.1) is 5.92 Å². The van der Waals surface area contributed by atoms with Crippen molar-refractivity contribution in [2.45, 2.75) is 57.7 Å². The molecule has 2 saturated carbocycles. The van der Waals surface area contributed by atoms with Crippen LogP contribution in [0.1, 0.15) is 51.3 Å². The van der Waals surface area contributed by atoms with E-state index in [1.54, 1.807) is 14.2 Å². The molecule has 11 nitrogen and oxygen atoms in total. The number of aromatic amines is 1. The van der Waals surface area contributed by atoms with Gasteiger partial charge in [0.2, 0.25) is 11.7 Å². The number of carbonyl (C=O) groups is 1. The Labute approximate surface area is 251 Å². The number of hydrogen-bond acceptors (Lipinski definition) is 9. The Balaban J connectivity index is 0.000000197. The summed E-state index contributed by atoms with van der Waals surface area (Å²) in [7, 11) is 3.29. The van der Waals surface area contributed by atoms with Crippen LogP contribution in [0.4, 0.5) is 23.1 Å². The minimum absolute atomic E-state index is 0.134. The molecule has 3 aliphatic rings. The van der Waals surface area contributed by atoms with Gasteiger partial charge in [0.25, 0.3) is 0 Å². The van der Waals surface area contributed by atoms with Crippen LogP contribution in [0.3, 0.4) is 0 Å². The lowest BCUT2D eigenvalue weighted by atomic mass is 10.2. The summed E-state index contributed by atoms with van der Waals surface area (Å²) in [4.78, 5) is 23.4. The zero-order chi connectivity index (χ0) is 29.9. The molecule has 43 heavy (non-hydrogen) atoms. The smallest absolute Gasteiger partial charge is 0.227 e. The Hall–Kier alpha value is -4.38. The number of aromatic nitrogens is 4. The molecule has 4 aromatic rings. The van der Waals surface area contributed by atoms with Crippen LogP contribution in [0.5, 0.6) is 11.5 Å². The van der Waals surface area contributed by atoms with Crippen molar-refractivity contribution < 1.29 is 19.0 Å². The van der Waals surface area contributed by atoms with Gasteiger partial charge in [0.05, 0.1) is 31.9 Å². The van der Waals surface area contributed by atoms with E-state index in [4.69, 9.17) is 24.2 Å². The number of anilines is 4. The van der Waals surface area contributed by atoms with Gasteiger partial charge in [0.15, 0.2) is 17.5 Å². The summed E-state index contributed by atoms with van der Waals surface area (Å²) < 4.78 is 16.7. The number of H-pyrrole nitrogens is 1. The molecule has 226 valence electrons. The van der Waals surface area contributed by atoms with Gasteiger partial charge in [-0.2, -0.15) is 5.10 Å². The van der Waals surface area contributed by atoms with E-state index < -0.39 is 0 Å². The van der Waals surface area contributed by atoms with Crippen molar-refractivity contribution >= 4 is 40.0 Å². The van der Waals surface area contributed by atoms with Gasteiger partial charge in [-0.05, 0) is 75.9 Å². The Bertz CT molecular complexity index is 1560. The van der Waals surface area contributed by atoms with Gasteiger partial charge in [-0.1, -0.05) is 12.1 Å². The summed E-state index contributed by atoms with van der Waals surface area (Å²) >= 11 is 0. The van der Waals surface area contributed by atoms with Crippen LogP contribution in [0.15, 0.2) is 48.5 Å². The number of hydrogen-bond donors (Lipinski definition) is 3. The van der Waals surface area contributed by atoms with Crippen LogP contribution in [-0.2, 0) is 9.53 Å². The highest BCUT2D eigenvalue weighted by Gasteiger charge is 2.33. The number of benzene rings is 2. The first kappa shape index (κ1) is 28.7. The van der Waals surface area contributed by atoms with Crippen LogP contribution in [0.2, 0.25) is 0 Å². The van der Waals surface area contributed by atoms with E-state index in [1.807, 2.05) is 48.5 Å². The molecule has 11 heteroatoms. The van der Waals surface area contributed by atoms with E-state index in [1.165, 1.54) is 0 Å². The van der Waals surface area contributed by atoms with Crippen LogP contribution in [-0.4, -0.2) is 65.6 Å². The summed E-state index contributed by atoms with van der Waals surface area (Å²) in [5.74, 6) is 5.33. The Morgan fingerprint density at radius 1 is 0.930 bits per heavy atom. The van der Waals surface area contributed by atoms with Gasteiger partial charge in [0.1, 0.15) is 11.6 Å². The topological polar surface area (TPSA) is 127 Å². The molecular weight excluding hydrogens is 546 g/mol. The number of amides is 1. The maximum Gasteiger partial charge on any atom is 0.227 e. The molecule has 0 radical (unpaired) electrons. The van der Waals surface area contributed by atoms with Gasteiger partial charge in [-0.25, -0.2) is 9.97 Å². The second-order valence-corrected chi connectivity index (χ2v) is 11.5. The average molecular weight is 586 g/mol. The fraction of sp³-hybridized carbons (Fsp3) is 0.438. The summed E-state index contributed by atoms with van der Waals surface area (Å²) in [6.45, 7) is 5.72. The molecule has 2 aromatic carbocycles. The first-order valence-electron chi connectivity index (χ1n) is 14.9. The quantitative estimate of drug-likeness (QED) is 0.241. The van der Waals surface area contributed by atoms with Crippen molar-refractivity contribution in [1.82, 2.24) is 20.2 Å². The molecule has 0 bridgehead atoms. The van der Waals surface area contributed by atoms with Crippen molar-refractivity contribution in [3.63, 3.8) is 0 Å². The summed E-state index contributed by atoms with van der Waals surface area (Å²) in [6, 6.07) is 15.4. The van der Waals surface area contributed by atoms with Crippen LogP contribution < -0.4 is 25.0 Å². The molecular formula is C32H39N7O4. The largest absolute Gasteiger partial charge is 0.497 e. The van der Waals surface area contributed by atoms with Crippen molar-refractivity contribution in [3.8, 4) is 11.5 Å². The number of fused-ring (bicyclic) bond motifs is 1. The number of methoxy groups -OCH3 is 2. The molecule has 3 heterocycles. The lowest BCUT2D eigenvalue weighted by molar-refractivity contribution is -0.117. The number of rotatable bonds is 8. The number of morpholine rings is 1. The van der Waals surface area contributed by atoms with E-state index in [0.29, 0.717) is 17.5 Å². The van der Waals surface area contributed by atoms with Gasteiger partial charge >= 0.3 is 0 Å². The lowest BCUT2D eigenvalue weighted by Crippen LogP contribution is -2.46. The van der Waals surface area contributed by atoms with E-state index in [0.717, 1.165) is 78.6 Å². The molecule has 3 N–H and O–H groups in total. The SMILES string of the molecule is COc1c(Nc2n[nH]c3ccccc23)nc(C2CC2)nc1N1CC(C)OC(C)C1.COc1ccc(NC(=O)C2CC2)cc1. The minimum Gasteiger partial charge on any atom is -0.497 e.